The molecule has 7 heteroatoms. The fourth-order valence-corrected chi connectivity index (χ4v) is 2.61. The molecule has 0 saturated carbocycles. The van der Waals surface area contributed by atoms with Crippen LogP contribution in [0.1, 0.15) is 35.7 Å². The Labute approximate surface area is 121 Å². The molecule has 0 radical (unpaired) electrons. The number of aliphatic carboxylic acids is 1. The highest BCUT2D eigenvalue weighted by Gasteiger charge is 2.46. The van der Waals surface area contributed by atoms with Crippen molar-refractivity contribution in [1.29, 1.82) is 0 Å². The van der Waals surface area contributed by atoms with Gasteiger partial charge in [0.25, 0.3) is 11.6 Å². The van der Waals surface area contributed by atoms with Crippen molar-refractivity contribution < 1.29 is 19.6 Å². The summed E-state index contributed by atoms with van der Waals surface area (Å²) < 4.78 is 0. The van der Waals surface area contributed by atoms with E-state index < -0.39 is 22.3 Å². The molecule has 1 unspecified atom stereocenters. The Bertz CT molecular complexity index is 628. The zero-order valence-electron chi connectivity index (χ0n) is 11.8. The Morgan fingerprint density at radius 3 is 2.67 bits per heavy atom. The third kappa shape index (κ3) is 2.46. The molecule has 1 amide bonds. The maximum Gasteiger partial charge on any atom is 0.329 e. The zero-order chi connectivity index (χ0) is 15.8. The van der Waals surface area contributed by atoms with Crippen molar-refractivity contribution >= 4 is 17.6 Å². The number of rotatable bonds is 3. The number of nitrogens with zero attached hydrogens (tertiary/aromatic N) is 2. The molecule has 1 aromatic rings. The Kier molecular flexibility index (Phi) is 3.67. The van der Waals surface area contributed by atoms with Crippen LogP contribution < -0.4 is 0 Å². The summed E-state index contributed by atoms with van der Waals surface area (Å²) in [6.45, 7) is 3.52. The smallest absolute Gasteiger partial charge is 0.329 e. The van der Waals surface area contributed by atoms with Gasteiger partial charge in [-0.2, -0.15) is 0 Å². The van der Waals surface area contributed by atoms with Crippen LogP contribution in [0.25, 0.3) is 0 Å². The molecule has 1 aliphatic heterocycles. The van der Waals surface area contributed by atoms with Gasteiger partial charge in [-0.05, 0) is 32.3 Å². The van der Waals surface area contributed by atoms with E-state index in [4.69, 9.17) is 0 Å². The van der Waals surface area contributed by atoms with Gasteiger partial charge in [-0.3, -0.25) is 14.9 Å². The van der Waals surface area contributed by atoms with Crippen molar-refractivity contribution in [2.24, 2.45) is 0 Å². The van der Waals surface area contributed by atoms with E-state index in [2.05, 4.69) is 0 Å². The van der Waals surface area contributed by atoms with E-state index in [0.717, 1.165) is 0 Å². The lowest BCUT2D eigenvalue weighted by Gasteiger charge is -2.31. The number of nitro benzene ring substituents is 1. The summed E-state index contributed by atoms with van der Waals surface area (Å²) in [6.07, 6.45) is 0.977. The van der Waals surface area contributed by atoms with Crippen LogP contribution in [0, 0.1) is 17.0 Å². The highest BCUT2D eigenvalue weighted by atomic mass is 16.6. The first-order valence-corrected chi connectivity index (χ1v) is 6.58. The Morgan fingerprint density at radius 1 is 1.43 bits per heavy atom. The van der Waals surface area contributed by atoms with E-state index in [9.17, 15) is 24.8 Å². The number of nitro groups is 1. The normalized spacial score (nSPS) is 21.3. The van der Waals surface area contributed by atoms with Gasteiger partial charge >= 0.3 is 5.97 Å². The van der Waals surface area contributed by atoms with Gasteiger partial charge in [-0.1, -0.05) is 6.07 Å². The first-order chi connectivity index (χ1) is 9.77. The lowest BCUT2D eigenvalue weighted by atomic mass is 9.97. The van der Waals surface area contributed by atoms with Gasteiger partial charge in [0.15, 0.2) is 0 Å². The van der Waals surface area contributed by atoms with Crippen molar-refractivity contribution in [3.63, 3.8) is 0 Å². The molecule has 0 spiro atoms. The average Bonchev–Trinajstić information content (AvgIpc) is 2.81. The molecule has 1 N–H and O–H groups in total. The number of likely N-dealkylation sites (tertiary alicyclic amines) is 1. The van der Waals surface area contributed by atoms with Gasteiger partial charge < -0.3 is 10.0 Å². The van der Waals surface area contributed by atoms with E-state index in [1.807, 2.05) is 0 Å². The standard InChI is InChI=1S/C14H16N2O5/c1-9-4-5-10(16(20)21)8-11(9)12(17)15-7-3-6-14(15,2)13(18)19/h4-5,8H,3,6-7H2,1-2H3,(H,18,19). The number of benzene rings is 1. The van der Waals surface area contributed by atoms with Gasteiger partial charge in [0, 0.05) is 24.2 Å². The van der Waals surface area contributed by atoms with Crippen LogP contribution in [-0.2, 0) is 4.79 Å². The molecule has 112 valence electrons. The van der Waals surface area contributed by atoms with Gasteiger partial charge in [-0.25, -0.2) is 4.79 Å². The summed E-state index contributed by atoms with van der Waals surface area (Å²) in [6, 6.07) is 4.03. The van der Waals surface area contributed by atoms with E-state index >= 15 is 0 Å². The van der Waals surface area contributed by atoms with Gasteiger partial charge in [0.1, 0.15) is 5.54 Å². The molecular weight excluding hydrogens is 276 g/mol. The number of carboxylic acid groups (broad SMARTS) is 1. The summed E-state index contributed by atoms with van der Waals surface area (Å²) in [5.74, 6) is -1.53. The van der Waals surface area contributed by atoms with E-state index in [1.165, 1.54) is 30.0 Å². The number of non-ortho nitro benzene ring substituents is 1. The van der Waals surface area contributed by atoms with E-state index in [1.54, 1.807) is 6.92 Å². The SMILES string of the molecule is Cc1ccc([N+](=O)[O-])cc1C(=O)N1CCCC1(C)C(=O)O. The third-order valence-electron chi connectivity index (χ3n) is 4.01. The zero-order valence-corrected chi connectivity index (χ0v) is 11.8. The van der Waals surface area contributed by atoms with Crippen molar-refractivity contribution in [2.45, 2.75) is 32.2 Å². The quantitative estimate of drug-likeness (QED) is 0.678. The number of amides is 1. The summed E-state index contributed by atoms with van der Waals surface area (Å²) >= 11 is 0. The lowest BCUT2D eigenvalue weighted by molar-refractivity contribution is -0.384. The molecule has 0 aliphatic carbocycles. The number of aryl methyl sites for hydroxylation is 1. The van der Waals surface area contributed by atoms with E-state index in [0.29, 0.717) is 24.9 Å². The van der Waals surface area contributed by atoms with Crippen molar-refractivity contribution in [3.8, 4) is 0 Å². The molecule has 1 saturated heterocycles. The molecule has 2 rings (SSSR count). The minimum Gasteiger partial charge on any atom is -0.480 e. The summed E-state index contributed by atoms with van der Waals surface area (Å²) in [4.78, 5) is 35.6. The molecule has 1 atom stereocenters. The predicted molar refractivity (Wildman–Crippen MR) is 74.1 cm³/mol. The Morgan fingerprint density at radius 2 is 2.10 bits per heavy atom. The number of hydrogen-bond acceptors (Lipinski definition) is 4. The first kappa shape index (κ1) is 15.0. The maximum absolute atomic E-state index is 12.6. The second kappa shape index (κ2) is 5.16. The summed E-state index contributed by atoms with van der Waals surface area (Å²) in [5.41, 5.74) is -0.669. The maximum atomic E-state index is 12.6. The lowest BCUT2D eigenvalue weighted by Crippen LogP contribution is -2.50. The second-order valence-corrected chi connectivity index (χ2v) is 5.40. The van der Waals surface area contributed by atoms with Crippen LogP contribution in [0.15, 0.2) is 18.2 Å². The number of carbonyl (C=O) groups excluding carboxylic acids is 1. The molecule has 1 aliphatic rings. The van der Waals surface area contributed by atoms with Gasteiger partial charge in [0.2, 0.25) is 0 Å². The largest absolute Gasteiger partial charge is 0.480 e. The molecular formula is C14H16N2O5. The van der Waals surface area contributed by atoms with Gasteiger partial charge in [0.05, 0.1) is 4.92 Å². The van der Waals surface area contributed by atoms with Crippen LogP contribution >= 0.6 is 0 Å². The third-order valence-corrected chi connectivity index (χ3v) is 4.01. The minimum atomic E-state index is -1.26. The molecule has 0 aromatic heterocycles. The monoisotopic (exact) mass is 292 g/mol. The predicted octanol–water partition coefficient (Wildman–Crippen LogP) is 1.98. The minimum absolute atomic E-state index is 0.179. The van der Waals surface area contributed by atoms with Crippen LogP contribution in [0.4, 0.5) is 5.69 Å². The molecule has 1 heterocycles. The van der Waals surface area contributed by atoms with Crippen LogP contribution in [-0.4, -0.2) is 38.9 Å². The topological polar surface area (TPSA) is 101 Å². The second-order valence-electron chi connectivity index (χ2n) is 5.40. The molecule has 21 heavy (non-hydrogen) atoms. The summed E-state index contributed by atoms with van der Waals surface area (Å²) in [7, 11) is 0. The fourth-order valence-electron chi connectivity index (χ4n) is 2.61. The highest BCUT2D eigenvalue weighted by molar-refractivity contribution is 5.99. The fraction of sp³-hybridized carbons (Fsp3) is 0.429. The average molecular weight is 292 g/mol. The number of carboxylic acids is 1. The van der Waals surface area contributed by atoms with E-state index in [-0.39, 0.29) is 11.3 Å². The van der Waals surface area contributed by atoms with Crippen molar-refractivity contribution in [1.82, 2.24) is 4.90 Å². The van der Waals surface area contributed by atoms with Crippen LogP contribution in [0.2, 0.25) is 0 Å². The van der Waals surface area contributed by atoms with Gasteiger partial charge in [-0.15, -0.1) is 0 Å². The molecule has 1 aromatic carbocycles. The van der Waals surface area contributed by atoms with Crippen LogP contribution in [0.3, 0.4) is 0 Å². The number of hydrogen-bond donors (Lipinski definition) is 1. The van der Waals surface area contributed by atoms with Crippen molar-refractivity contribution in [2.75, 3.05) is 6.54 Å². The number of carbonyl (C=O) groups is 2. The Balaban J connectivity index is 2.42. The van der Waals surface area contributed by atoms with Crippen molar-refractivity contribution in [3.05, 3.63) is 39.4 Å². The highest BCUT2D eigenvalue weighted by Crippen LogP contribution is 2.32. The first-order valence-electron chi connectivity index (χ1n) is 6.58. The summed E-state index contributed by atoms with van der Waals surface area (Å²) in [5, 5.41) is 20.2. The molecule has 0 bridgehead atoms. The molecule has 7 nitrogen and oxygen atoms in total. The van der Waals surface area contributed by atoms with Crippen LogP contribution in [0.5, 0.6) is 0 Å². The molecule has 1 fully saturated rings. The Hall–Kier alpha value is -2.44.